The average Bonchev–Trinajstić information content (AvgIpc) is 3.36. The number of fused-ring (bicyclic) bond motifs is 1. The Balaban J connectivity index is 1.38. The molecule has 0 aliphatic carbocycles. The van der Waals surface area contributed by atoms with Gasteiger partial charge >= 0.3 is 0 Å². The molecule has 2 aromatic carbocycles. The van der Waals surface area contributed by atoms with E-state index in [1.54, 1.807) is 48.3 Å². The highest BCUT2D eigenvalue weighted by molar-refractivity contribution is 7.99. The lowest BCUT2D eigenvalue weighted by Gasteiger charge is -2.36. The number of thioether (sulfide) groups is 1. The van der Waals surface area contributed by atoms with Gasteiger partial charge in [-0.2, -0.15) is 11.8 Å². The number of amides is 1. The third-order valence-electron chi connectivity index (χ3n) is 6.94. The summed E-state index contributed by atoms with van der Waals surface area (Å²) in [6.07, 6.45) is 2.69. The first-order chi connectivity index (χ1) is 18.8. The summed E-state index contributed by atoms with van der Waals surface area (Å²) in [4.78, 5) is 40.2. The molecule has 1 fully saturated rings. The highest BCUT2D eigenvalue weighted by Gasteiger charge is 2.22. The topological polar surface area (TPSA) is 117 Å². The average molecular weight is 567 g/mol. The molecule has 11 heteroatoms. The van der Waals surface area contributed by atoms with Crippen molar-refractivity contribution in [2.24, 2.45) is 0 Å². The fourth-order valence-corrected chi connectivity index (χ4v) is 5.53. The molecular weight excluding hydrogens is 536 g/mol. The van der Waals surface area contributed by atoms with Gasteiger partial charge in [-0.25, -0.2) is 4.98 Å². The first-order valence-corrected chi connectivity index (χ1v) is 14.5. The number of carbonyl (C=O) groups is 1. The highest BCUT2D eigenvalue weighted by atomic mass is 35.5. The lowest BCUT2D eigenvalue weighted by molar-refractivity contribution is -0.128. The lowest BCUT2D eigenvalue weighted by atomic mass is 10.1. The molecule has 0 bridgehead atoms. The maximum Gasteiger partial charge on any atom is 0.261 e. The molecule has 1 atom stereocenters. The number of aromatic amines is 2. The molecule has 0 radical (unpaired) electrons. The zero-order chi connectivity index (χ0) is 27.5. The largest absolute Gasteiger partial charge is 0.387 e. The number of nitrogens with one attached hydrogen (secondary N) is 3. The number of piperazine rings is 1. The van der Waals surface area contributed by atoms with Crippen molar-refractivity contribution < 1.29 is 9.90 Å². The second-order valence-electron chi connectivity index (χ2n) is 9.59. The van der Waals surface area contributed by atoms with Gasteiger partial charge in [0.05, 0.1) is 28.6 Å². The normalized spacial score (nSPS) is 14.6. The van der Waals surface area contributed by atoms with Crippen LogP contribution in [0.1, 0.15) is 17.2 Å². The number of H-pyrrole nitrogens is 2. The number of nitrogens with zero attached hydrogens (tertiary/aromatic N) is 3. The van der Waals surface area contributed by atoms with Crippen molar-refractivity contribution in [3.8, 4) is 11.4 Å². The Bertz CT molecular complexity index is 1550. The summed E-state index contributed by atoms with van der Waals surface area (Å²) in [7, 11) is 0. The smallest absolute Gasteiger partial charge is 0.261 e. The molecule has 1 amide bonds. The standard InChI is InChI=1S/C28H31ClN6O3S/c1-17-12-20(34-8-10-35(11-9-34)24(37)16-39-2)14-22-26(17)33-27(32-22)25-21(6-7-30-28(25)38)31-15-23(36)18-4-3-5-19(29)13-18/h3-7,12-14,23,36H,8-11,15-16H2,1-2H3,(H,32,33)(H2,30,31,38). The van der Waals surface area contributed by atoms with Crippen LogP contribution in [-0.4, -0.2) is 75.6 Å². The minimum atomic E-state index is -0.812. The number of anilines is 2. The van der Waals surface area contributed by atoms with Crippen molar-refractivity contribution in [1.82, 2.24) is 19.9 Å². The van der Waals surface area contributed by atoms with Gasteiger partial charge in [-0.05, 0) is 54.6 Å². The van der Waals surface area contributed by atoms with Gasteiger partial charge in [0.1, 0.15) is 11.4 Å². The molecule has 39 heavy (non-hydrogen) atoms. The fourth-order valence-electron chi connectivity index (χ4n) is 4.90. The number of rotatable bonds is 8. The summed E-state index contributed by atoms with van der Waals surface area (Å²) in [5.74, 6) is 1.14. The van der Waals surface area contributed by atoms with Crippen molar-refractivity contribution in [3.05, 3.63) is 75.2 Å². The number of benzene rings is 2. The monoisotopic (exact) mass is 566 g/mol. The Morgan fingerprint density at radius 2 is 2.00 bits per heavy atom. The van der Waals surface area contributed by atoms with Gasteiger partial charge in [0.25, 0.3) is 5.56 Å². The van der Waals surface area contributed by atoms with Crippen LogP contribution in [0.15, 0.2) is 53.5 Å². The van der Waals surface area contributed by atoms with Crippen LogP contribution in [0.2, 0.25) is 5.02 Å². The SMILES string of the molecule is CSCC(=O)N1CCN(c2cc(C)c3nc(-c4c(NCC(O)c5cccc(Cl)c5)cc[nH]c4=O)[nH]c3c2)CC1. The van der Waals surface area contributed by atoms with Crippen molar-refractivity contribution in [2.75, 3.05) is 54.9 Å². The molecule has 3 heterocycles. The quantitative estimate of drug-likeness (QED) is 0.254. The Morgan fingerprint density at radius 1 is 1.21 bits per heavy atom. The van der Waals surface area contributed by atoms with E-state index in [1.807, 2.05) is 24.1 Å². The summed E-state index contributed by atoms with van der Waals surface area (Å²) < 4.78 is 0. The van der Waals surface area contributed by atoms with Gasteiger partial charge in [-0.3, -0.25) is 9.59 Å². The fraction of sp³-hybridized carbons (Fsp3) is 0.321. The molecule has 9 nitrogen and oxygen atoms in total. The van der Waals surface area contributed by atoms with Crippen molar-refractivity contribution >= 4 is 51.7 Å². The molecule has 0 saturated carbocycles. The third kappa shape index (κ3) is 5.93. The van der Waals surface area contributed by atoms with E-state index in [4.69, 9.17) is 16.6 Å². The summed E-state index contributed by atoms with van der Waals surface area (Å²) in [5, 5.41) is 14.4. The van der Waals surface area contributed by atoms with Gasteiger partial charge in [-0.1, -0.05) is 23.7 Å². The number of aliphatic hydroxyl groups is 1. The molecule has 1 saturated heterocycles. The number of aromatic nitrogens is 3. The summed E-state index contributed by atoms with van der Waals surface area (Å²) in [6.45, 7) is 5.09. The molecule has 1 aliphatic heterocycles. The van der Waals surface area contributed by atoms with Crippen molar-refractivity contribution in [1.29, 1.82) is 0 Å². The van der Waals surface area contributed by atoms with E-state index >= 15 is 0 Å². The maximum atomic E-state index is 12.9. The van der Waals surface area contributed by atoms with Crippen LogP contribution in [0.25, 0.3) is 22.4 Å². The van der Waals surface area contributed by atoms with Crippen molar-refractivity contribution in [2.45, 2.75) is 13.0 Å². The number of halogens is 1. The van der Waals surface area contributed by atoms with Gasteiger partial charge in [0, 0.05) is 49.6 Å². The lowest BCUT2D eigenvalue weighted by Crippen LogP contribution is -2.49. The zero-order valence-electron chi connectivity index (χ0n) is 21.8. The van der Waals surface area contributed by atoms with Crippen LogP contribution in [0.5, 0.6) is 0 Å². The van der Waals surface area contributed by atoms with Gasteiger partial charge in [0.2, 0.25) is 5.91 Å². The molecule has 4 aromatic rings. The van der Waals surface area contributed by atoms with Crippen LogP contribution in [0, 0.1) is 6.92 Å². The summed E-state index contributed by atoms with van der Waals surface area (Å²) >= 11 is 7.61. The Labute approximate surface area is 235 Å². The van der Waals surface area contributed by atoms with E-state index < -0.39 is 6.10 Å². The van der Waals surface area contributed by atoms with E-state index in [0.29, 0.717) is 46.5 Å². The van der Waals surface area contributed by atoms with Gasteiger partial charge in [0.15, 0.2) is 0 Å². The highest BCUT2D eigenvalue weighted by Crippen LogP contribution is 2.30. The second-order valence-corrected chi connectivity index (χ2v) is 10.9. The Morgan fingerprint density at radius 3 is 2.74 bits per heavy atom. The Kier molecular flexibility index (Phi) is 8.15. The molecular formula is C28H31ClN6O3S. The van der Waals surface area contributed by atoms with Crippen LogP contribution in [0.3, 0.4) is 0 Å². The minimum absolute atomic E-state index is 0.185. The van der Waals surface area contributed by atoms with Crippen LogP contribution >= 0.6 is 23.4 Å². The first kappa shape index (κ1) is 27.1. The molecule has 1 aliphatic rings. The zero-order valence-corrected chi connectivity index (χ0v) is 23.4. The molecule has 4 N–H and O–H groups in total. The second kappa shape index (κ2) is 11.7. The van der Waals surface area contributed by atoms with Crippen LogP contribution in [0.4, 0.5) is 11.4 Å². The van der Waals surface area contributed by atoms with Crippen LogP contribution < -0.4 is 15.8 Å². The molecule has 1 unspecified atom stereocenters. The van der Waals surface area contributed by atoms with E-state index in [9.17, 15) is 14.7 Å². The Hall–Kier alpha value is -3.47. The maximum absolute atomic E-state index is 12.9. The molecule has 204 valence electrons. The summed E-state index contributed by atoms with van der Waals surface area (Å²) in [5.41, 5.74) is 4.98. The van der Waals surface area contributed by atoms with E-state index in [-0.39, 0.29) is 18.0 Å². The predicted octanol–water partition coefficient (Wildman–Crippen LogP) is 4.04. The number of hydrogen-bond acceptors (Lipinski definition) is 7. The molecule has 2 aromatic heterocycles. The minimum Gasteiger partial charge on any atom is -0.387 e. The number of aryl methyl sites for hydroxylation is 1. The summed E-state index contributed by atoms with van der Waals surface area (Å²) in [6, 6.07) is 13.0. The van der Waals surface area contributed by atoms with E-state index in [1.165, 1.54) is 0 Å². The number of aliphatic hydroxyl groups excluding tert-OH is 1. The number of hydrogen-bond donors (Lipinski definition) is 4. The third-order valence-corrected chi connectivity index (χ3v) is 7.71. The predicted molar refractivity (Wildman–Crippen MR) is 159 cm³/mol. The number of carbonyl (C=O) groups excluding carboxylic acids is 1. The number of pyridine rings is 1. The van der Waals surface area contributed by atoms with Gasteiger partial charge in [-0.15, -0.1) is 0 Å². The van der Waals surface area contributed by atoms with E-state index in [2.05, 4.69) is 26.3 Å². The van der Waals surface area contributed by atoms with Crippen molar-refractivity contribution in [3.63, 3.8) is 0 Å². The first-order valence-electron chi connectivity index (χ1n) is 12.8. The molecule has 5 rings (SSSR count). The molecule has 0 spiro atoms. The van der Waals surface area contributed by atoms with Crippen LogP contribution in [-0.2, 0) is 4.79 Å². The van der Waals surface area contributed by atoms with Gasteiger partial charge < -0.3 is 30.2 Å². The number of imidazole rings is 1. The van der Waals surface area contributed by atoms with E-state index in [0.717, 1.165) is 35.4 Å².